The Kier molecular flexibility index (Phi) is 8.73. The minimum absolute atomic E-state index is 0.00892. The van der Waals surface area contributed by atoms with E-state index in [2.05, 4.69) is 21.7 Å². The number of pyridine rings is 1. The molecule has 1 saturated carbocycles. The normalized spacial score (nSPS) is 19.2. The van der Waals surface area contributed by atoms with Gasteiger partial charge in [0, 0.05) is 55.7 Å². The molecule has 41 heavy (non-hydrogen) atoms. The second-order valence-corrected chi connectivity index (χ2v) is 11.7. The van der Waals surface area contributed by atoms with Crippen LogP contribution in [0.5, 0.6) is 0 Å². The predicted molar refractivity (Wildman–Crippen MR) is 160 cm³/mol. The van der Waals surface area contributed by atoms with Gasteiger partial charge >= 0.3 is 6.03 Å². The van der Waals surface area contributed by atoms with Crippen LogP contribution in [-0.4, -0.2) is 77.0 Å². The summed E-state index contributed by atoms with van der Waals surface area (Å²) < 4.78 is 1.67. The second-order valence-electron chi connectivity index (χ2n) is 11.7. The van der Waals surface area contributed by atoms with E-state index in [9.17, 15) is 14.4 Å². The number of benzene rings is 1. The molecule has 3 amide bonds. The third-order valence-electron chi connectivity index (χ3n) is 8.80. The van der Waals surface area contributed by atoms with Crippen molar-refractivity contribution in [1.29, 1.82) is 0 Å². The summed E-state index contributed by atoms with van der Waals surface area (Å²) in [5.74, 6) is 0.0180. The summed E-state index contributed by atoms with van der Waals surface area (Å²) in [6, 6.07) is 8.85. The van der Waals surface area contributed by atoms with Crippen molar-refractivity contribution in [2.45, 2.75) is 70.0 Å². The first-order valence-electron chi connectivity index (χ1n) is 14.8. The zero-order chi connectivity index (χ0) is 29.1. The van der Waals surface area contributed by atoms with Crippen molar-refractivity contribution in [3.05, 3.63) is 54.5 Å². The van der Waals surface area contributed by atoms with Crippen LogP contribution in [0.4, 0.5) is 4.79 Å². The molecule has 1 aliphatic carbocycles. The molecular formula is C32H42N6O3. The van der Waals surface area contributed by atoms with E-state index in [-0.39, 0.29) is 35.8 Å². The molecule has 3 atom stereocenters. The van der Waals surface area contributed by atoms with Gasteiger partial charge in [0.1, 0.15) is 6.04 Å². The molecule has 3 aromatic rings. The van der Waals surface area contributed by atoms with Gasteiger partial charge in [-0.25, -0.2) is 4.79 Å². The number of rotatable bonds is 7. The molecule has 0 spiro atoms. The minimum Gasteiger partial charge on any atom is -0.343 e. The SMILES string of the molecule is CN[C@@H](C)C(=O)NC(C(=O)N1CCCC1c1cncc(-c2cn(C(=O)N(C)C)c3ccccc23)c1)C1CCCCC1. The Morgan fingerprint density at radius 1 is 1.02 bits per heavy atom. The Labute approximate surface area is 242 Å². The average Bonchev–Trinajstić information content (AvgIpc) is 3.65. The third kappa shape index (κ3) is 5.86. The summed E-state index contributed by atoms with van der Waals surface area (Å²) in [7, 11) is 5.24. The molecule has 0 bridgehead atoms. The predicted octanol–water partition coefficient (Wildman–Crippen LogP) is 4.57. The van der Waals surface area contributed by atoms with Crippen molar-refractivity contribution in [3.8, 4) is 11.1 Å². The smallest absolute Gasteiger partial charge is 0.328 e. The molecule has 2 fully saturated rings. The zero-order valence-corrected chi connectivity index (χ0v) is 24.6. The lowest BCUT2D eigenvalue weighted by atomic mass is 9.83. The molecule has 2 aromatic heterocycles. The van der Waals surface area contributed by atoms with Crippen molar-refractivity contribution >= 4 is 28.7 Å². The number of carbonyl (C=O) groups excluding carboxylic acids is 3. The molecular weight excluding hydrogens is 516 g/mol. The number of likely N-dealkylation sites (N-methyl/N-ethyl adjacent to an activating group) is 1. The lowest BCUT2D eigenvalue weighted by Gasteiger charge is -2.35. The molecule has 9 nitrogen and oxygen atoms in total. The average molecular weight is 559 g/mol. The summed E-state index contributed by atoms with van der Waals surface area (Å²) in [6.07, 6.45) is 12.6. The number of likely N-dealkylation sites (tertiary alicyclic amines) is 1. The molecule has 5 rings (SSSR count). The van der Waals surface area contributed by atoms with Gasteiger partial charge in [-0.15, -0.1) is 0 Å². The number of amides is 3. The first-order valence-corrected chi connectivity index (χ1v) is 14.8. The summed E-state index contributed by atoms with van der Waals surface area (Å²) in [5, 5.41) is 7.09. The number of fused-ring (bicyclic) bond motifs is 1. The highest BCUT2D eigenvalue weighted by Crippen LogP contribution is 2.37. The van der Waals surface area contributed by atoms with Crippen LogP contribution in [0.15, 0.2) is 48.9 Å². The van der Waals surface area contributed by atoms with Gasteiger partial charge < -0.3 is 20.4 Å². The van der Waals surface area contributed by atoms with E-state index in [1.165, 1.54) is 6.42 Å². The van der Waals surface area contributed by atoms with Crippen molar-refractivity contribution in [3.63, 3.8) is 0 Å². The zero-order valence-electron chi connectivity index (χ0n) is 24.6. The fourth-order valence-electron chi connectivity index (χ4n) is 6.38. The van der Waals surface area contributed by atoms with Crippen LogP contribution in [0.25, 0.3) is 22.0 Å². The Morgan fingerprint density at radius 3 is 2.51 bits per heavy atom. The van der Waals surface area contributed by atoms with Gasteiger partial charge in [0.2, 0.25) is 11.8 Å². The number of aromatic nitrogens is 2. The first kappa shape index (κ1) is 28.8. The molecule has 218 valence electrons. The Hall–Kier alpha value is -3.72. The van der Waals surface area contributed by atoms with Crippen LogP contribution in [0.1, 0.15) is 63.5 Å². The van der Waals surface area contributed by atoms with E-state index < -0.39 is 6.04 Å². The van der Waals surface area contributed by atoms with Gasteiger partial charge in [-0.1, -0.05) is 37.5 Å². The van der Waals surface area contributed by atoms with E-state index in [1.807, 2.05) is 54.7 Å². The van der Waals surface area contributed by atoms with E-state index in [0.717, 1.165) is 66.1 Å². The monoisotopic (exact) mass is 558 g/mol. The number of hydrogen-bond acceptors (Lipinski definition) is 5. The Morgan fingerprint density at radius 2 is 1.78 bits per heavy atom. The fraction of sp³-hybridized carbons (Fsp3) is 0.500. The molecule has 0 radical (unpaired) electrons. The largest absolute Gasteiger partial charge is 0.343 e. The molecule has 1 aromatic carbocycles. The number of nitrogens with one attached hydrogen (secondary N) is 2. The van der Waals surface area contributed by atoms with Crippen molar-refractivity contribution in [1.82, 2.24) is 30.0 Å². The van der Waals surface area contributed by atoms with Crippen molar-refractivity contribution < 1.29 is 14.4 Å². The van der Waals surface area contributed by atoms with Crippen LogP contribution < -0.4 is 10.6 Å². The molecule has 1 saturated heterocycles. The van der Waals surface area contributed by atoms with Gasteiger partial charge in [-0.2, -0.15) is 0 Å². The molecule has 9 heteroatoms. The van der Waals surface area contributed by atoms with E-state index >= 15 is 0 Å². The highest BCUT2D eigenvalue weighted by Gasteiger charge is 2.39. The quantitative estimate of drug-likeness (QED) is 0.443. The number of para-hydroxylation sites is 1. The van der Waals surface area contributed by atoms with Gasteiger partial charge in [-0.3, -0.25) is 19.1 Å². The van der Waals surface area contributed by atoms with Crippen LogP contribution >= 0.6 is 0 Å². The minimum atomic E-state index is -0.523. The standard InChI is InChI=1S/C32H42N6O3/c1-21(33-2)30(39)35-29(22-11-6-5-7-12-22)31(40)37-16-10-15-27(37)24-17-23(18-34-19-24)26-20-38(32(41)36(3)4)28-14-9-8-13-25(26)28/h8-9,13-14,17-22,27,29,33H,5-7,10-12,15-16H2,1-4H3,(H,35,39)/t21-,27?,29?/m0/s1. The maximum Gasteiger partial charge on any atom is 0.328 e. The highest BCUT2D eigenvalue weighted by atomic mass is 16.2. The lowest BCUT2D eigenvalue weighted by molar-refractivity contribution is -0.139. The van der Waals surface area contributed by atoms with E-state index in [1.54, 1.807) is 30.6 Å². The Bertz CT molecular complexity index is 1410. The van der Waals surface area contributed by atoms with Gasteiger partial charge in [0.15, 0.2) is 0 Å². The maximum atomic E-state index is 14.2. The summed E-state index contributed by atoms with van der Waals surface area (Å²) in [5.41, 5.74) is 3.64. The third-order valence-corrected chi connectivity index (χ3v) is 8.80. The van der Waals surface area contributed by atoms with Gasteiger partial charge in [0.25, 0.3) is 0 Å². The second kappa shape index (κ2) is 12.4. The van der Waals surface area contributed by atoms with E-state index in [0.29, 0.717) is 6.54 Å². The number of nitrogens with zero attached hydrogens (tertiary/aromatic N) is 4. The summed E-state index contributed by atoms with van der Waals surface area (Å²) >= 11 is 0. The van der Waals surface area contributed by atoms with Crippen LogP contribution in [0.2, 0.25) is 0 Å². The van der Waals surface area contributed by atoms with E-state index in [4.69, 9.17) is 0 Å². The first-order chi connectivity index (χ1) is 19.8. The number of carbonyl (C=O) groups is 3. The van der Waals surface area contributed by atoms with Crippen molar-refractivity contribution in [2.24, 2.45) is 5.92 Å². The van der Waals surface area contributed by atoms with Gasteiger partial charge in [0.05, 0.1) is 17.6 Å². The molecule has 1 aliphatic heterocycles. The molecule has 2 aliphatic rings. The number of hydrogen-bond donors (Lipinski definition) is 2. The van der Waals surface area contributed by atoms with Crippen LogP contribution in [0, 0.1) is 5.92 Å². The van der Waals surface area contributed by atoms with Crippen molar-refractivity contribution in [2.75, 3.05) is 27.7 Å². The highest BCUT2D eigenvalue weighted by molar-refractivity contribution is 6.01. The maximum absolute atomic E-state index is 14.2. The topological polar surface area (TPSA) is 99.6 Å². The molecule has 3 heterocycles. The summed E-state index contributed by atoms with van der Waals surface area (Å²) in [6.45, 7) is 2.47. The molecule has 2 N–H and O–H groups in total. The fourth-order valence-corrected chi connectivity index (χ4v) is 6.38. The summed E-state index contributed by atoms with van der Waals surface area (Å²) in [4.78, 5) is 48.1. The van der Waals surface area contributed by atoms with Crippen LogP contribution in [-0.2, 0) is 9.59 Å². The van der Waals surface area contributed by atoms with Gasteiger partial charge in [-0.05, 0) is 63.3 Å². The van der Waals surface area contributed by atoms with Crippen LogP contribution in [0.3, 0.4) is 0 Å². The molecule has 2 unspecified atom stereocenters. The Balaban J connectivity index is 1.46. The lowest BCUT2D eigenvalue weighted by Crippen LogP contribution is -2.55.